The molecular formula is C26H45NaO6S. The molecule has 0 radical (unpaired) electrons. The smallest absolute Gasteiger partial charge is 0.744 e. The Hall–Kier alpha value is 0.790. The van der Waals surface area contributed by atoms with Gasteiger partial charge >= 0.3 is 29.6 Å². The maximum atomic E-state index is 11.2. The summed E-state index contributed by atoms with van der Waals surface area (Å²) in [4.78, 5) is 0. The summed E-state index contributed by atoms with van der Waals surface area (Å²) in [6, 6.07) is 0. The molecule has 1 unspecified atom stereocenters. The number of aliphatic hydroxyl groups is 3. The van der Waals surface area contributed by atoms with E-state index >= 15 is 0 Å². The molecule has 0 saturated heterocycles. The van der Waals surface area contributed by atoms with Crippen molar-refractivity contribution in [1.29, 1.82) is 0 Å². The van der Waals surface area contributed by atoms with Gasteiger partial charge in [0.2, 0.25) is 0 Å². The van der Waals surface area contributed by atoms with Gasteiger partial charge in [0.05, 0.1) is 0 Å². The standard InChI is InChI=1S/C26H46O6S.Na/c1-5-17-15-18-21-10-9-19(16(2)14-23(27)26(28,29)33(30,31)32)25(21,4)13-11-22(18)24(3)12-7-6-8-20(17)24;/h16-23,27-29H,5-15H2,1-4H3,(H,30,31,32);/q;+1/p-1/t16-,17+,18+,19-,20+,21+,22+,23?,24+,25-;/m1./s1. The van der Waals surface area contributed by atoms with Crippen LogP contribution >= 0.6 is 0 Å². The van der Waals surface area contributed by atoms with E-state index in [2.05, 4.69) is 20.8 Å². The van der Waals surface area contributed by atoms with E-state index in [0.717, 1.165) is 42.9 Å². The average molecular weight is 509 g/mol. The molecule has 4 aliphatic rings. The minimum absolute atomic E-state index is 0. The maximum absolute atomic E-state index is 11.2. The van der Waals surface area contributed by atoms with Crippen LogP contribution in [0.15, 0.2) is 0 Å². The van der Waals surface area contributed by atoms with Gasteiger partial charge in [-0.05, 0) is 104 Å². The van der Waals surface area contributed by atoms with Crippen LogP contribution in [0.3, 0.4) is 0 Å². The molecule has 192 valence electrons. The van der Waals surface area contributed by atoms with E-state index in [4.69, 9.17) is 0 Å². The van der Waals surface area contributed by atoms with E-state index in [-0.39, 0.29) is 53.2 Å². The van der Waals surface area contributed by atoms with Gasteiger partial charge in [-0.1, -0.05) is 47.0 Å². The van der Waals surface area contributed by atoms with E-state index in [1.54, 1.807) is 0 Å². The molecule has 34 heavy (non-hydrogen) atoms. The Kier molecular flexibility index (Phi) is 8.77. The first-order valence-corrected chi connectivity index (χ1v) is 14.8. The molecule has 0 heterocycles. The van der Waals surface area contributed by atoms with Crippen LogP contribution in [0.4, 0.5) is 0 Å². The molecule has 3 N–H and O–H groups in total. The van der Waals surface area contributed by atoms with Gasteiger partial charge in [-0.2, -0.15) is 0 Å². The van der Waals surface area contributed by atoms with Crippen molar-refractivity contribution in [2.45, 2.75) is 110 Å². The first kappa shape index (κ1) is 29.3. The SMILES string of the molecule is CC[C@H]1C[C@@H]2[C@H](CC[C@]3(C)[C@@H]([C@H](C)CC(O)C(O)(O)S(=O)(=O)[O-])CC[C@@H]23)[C@@]2(C)CCCC[C@@H]12.[Na+]. The first-order valence-electron chi connectivity index (χ1n) is 13.4. The second-order valence-electron chi connectivity index (χ2n) is 12.7. The first-order chi connectivity index (χ1) is 15.3. The molecule has 4 rings (SSSR count). The average Bonchev–Trinajstić information content (AvgIpc) is 3.09. The summed E-state index contributed by atoms with van der Waals surface area (Å²) >= 11 is 0. The summed E-state index contributed by atoms with van der Waals surface area (Å²) in [7, 11) is -5.44. The Morgan fingerprint density at radius 2 is 1.65 bits per heavy atom. The van der Waals surface area contributed by atoms with E-state index in [1.165, 1.54) is 44.9 Å². The molecule has 0 aliphatic heterocycles. The van der Waals surface area contributed by atoms with Gasteiger partial charge in [-0.15, -0.1) is 0 Å². The normalized spacial score (nSPS) is 44.2. The Morgan fingerprint density at radius 3 is 2.26 bits per heavy atom. The molecule has 8 heteroatoms. The molecule has 0 spiro atoms. The Bertz CT molecular complexity index is 833. The predicted octanol–water partition coefficient (Wildman–Crippen LogP) is 1.25. The van der Waals surface area contributed by atoms with Crippen molar-refractivity contribution < 1.29 is 57.8 Å². The second-order valence-corrected chi connectivity index (χ2v) is 14.2. The minimum atomic E-state index is -5.44. The molecule has 0 amide bonds. The molecule has 0 aromatic heterocycles. The zero-order valence-electron chi connectivity index (χ0n) is 21.9. The van der Waals surface area contributed by atoms with E-state index in [9.17, 15) is 28.3 Å². The van der Waals surface area contributed by atoms with Gasteiger partial charge in [-0.3, -0.25) is 0 Å². The summed E-state index contributed by atoms with van der Waals surface area (Å²) in [6.07, 6.45) is 10.5. The van der Waals surface area contributed by atoms with Crippen molar-refractivity contribution in [3.63, 3.8) is 0 Å². The van der Waals surface area contributed by atoms with Crippen molar-refractivity contribution in [3.05, 3.63) is 0 Å². The fourth-order valence-corrected chi connectivity index (χ4v) is 10.3. The third kappa shape index (κ3) is 4.61. The fourth-order valence-electron chi connectivity index (χ4n) is 9.83. The summed E-state index contributed by atoms with van der Waals surface area (Å²) < 4.78 is 33.7. The molecule has 10 atom stereocenters. The third-order valence-electron chi connectivity index (χ3n) is 11.4. The molecule has 6 nitrogen and oxygen atoms in total. The van der Waals surface area contributed by atoms with Gasteiger partial charge in [0.1, 0.15) is 6.10 Å². The van der Waals surface area contributed by atoms with E-state index < -0.39 is 21.3 Å². The van der Waals surface area contributed by atoms with Crippen molar-refractivity contribution in [2.75, 3.05) is 0 Å². The van der Waals surface area contributed by atoms with Crippen molar-refractivity contribution in [3.8, 4) is 0 Å². The molecule has 0 aromatic carbocycles. The van der Waals surface area contributed by atoms with Gasteiger partial charge in [0.15, 0.2) is 10.1 Å². The van der Waals surface area contributed by atoms with Crippen LogP contribution in [-0.4, -0.2) is 39.5 Å². The topological polar surface area (TPSA) is 118 Å². The summed E-state index contributed by atoms with van der Waals surface area (Å²) in [5, 5.41) is 26.1. The van der Waals surface area contributed by atoms with Crippen LogP contribution in [0.5, 0.6) is 0 Å². The minimum Gasteiger partial charge on any atom is -0.744 e. The molecule has 4 aliphatic carbocycles. The Balaban J connectivity index is 0.00000324. The molecule has 0 aromatic rings. The van der Waals surface area contributed by atoms with Gasteiger partial charge in [-0.25, -0.2) is 8.42 Å². The number of fused-ring (bicyclic) bond motifs is 5. The molecule has 4 saturated carbocycles. The van der Waals surface area contributed by atoms with Crippen molar-refractivity contribution in [1.82, 2.24) is 0 Å². The number of rotatable bonds is 6. The van der Waals surface area contributed by atoms with Crippen LogP contribution in [0, 0.1) is 52.3 Å². The van der Waals surface area contributed by atoms with Gasteiger partial charge < -0.3 is 19.9 Å². The van der Waals surface area contributed by atoms with Crippen LogP contribution < -0.4 is 29.6 Å². The Morgan fingerprint density at radius 1 is 1.00 bits per heavy atom. The molecular weight excluding hydrogens is 463 g/mol. The van der Waals surface area contributed by atoms with Gasteiger partial charge in [0.25, 0.3) is 5.12 Å². The number of aliphatic hydroxyl groups excluding tert-OH is 1. The zero-order chi connectivity index (χ0) is 24.4. The summed E-state index contributed by atoms with van der Waals surface area (Å²) in [5.41, 5.74) is 0.569. The van der Waals surface area contributed by atoms with Crippen molar-refractivity contribution in [2.24, 2.45) is 52.3 Å². The largest absolute Gasteiger partial charge is 1.00 e. The van der Waals surface area contributed by atoms with E-state index in [0.29, 0.717) is 11.3 Å². The van der Waals surface area contributed by atoms with Crippen LogP contribution in [-0.2, 0) is 10.1 Å². The van der Waals surface area contributed by atoms with Crippen LogP contribution in [0.1, 0.15) is 98.3 Å². The monoisotopic (exact) mass is 508 g/mol. The number of hydrogen-bond acceptors (Lipinski definition) is 6. The van der Waals surface area contributed by atoms with Gasteiger partial charge in [0, 0.05) is 0 Å². The van der Waals surface area contributed by atoms with Crippen molar-refractivity contribution >= 4 is 10.1 Å². The molecule has 4 fully saturated rings. The maximum Gasteiger partial charge on any atom is 1.00 e. The van der Waals surface area contributed by atoms with E-state index in [1.807, 2.05) is 6.92 Å². The van der Waals surface area contributed by atoms with Crippen LogP contribution in [0.25, 0.3) is 0 Å². The second kappa shape index (κ2) is 10.2. The van der Waals surface area contributed by atoms with Crippen LogP contribution in [0.2, 0.25) is 0 Å². The third-order valence-corrected chi connectivity index (χ3v) is 12.4. The zero-order valence-corrected chi connectivity index (χ0v) is 24.7. The summed E-state index contributed by atoms with van der Waals surface area (Å²) in [6.45, 7) is 9.31. The fraction of sp³-hybridized carbons (Fsp3) is 1.00. The Labute approximate surface area is 228 Å². The predicted molar refractivity (Wildman–Crippen MR) is 126 cm³/mol. The quantitative estimate of drug-likeness (QED) is 0.282. The number of hydrogen-bond donors (Lipinski definition) is 3. The molecule has 0 bridgehead atoms. The summed E-state index contributed by atoms with van der Waals surface area (Å²) in [5.74, 6) is 4.00.